The maximum atomic E-state index is 13.9. The van der Waals surface area contributed by atoms with Gasteiger partial charge in [-0.1, -0.05) is 17.7 Å². The van der Waals surface area contributed by atoms with Crippen molar-refractivity contribution in [3.05, 3.63) is 70.2 Å². The van der Waals surface area contributed by atoms with Crippen LogP contribution < -0.4 is 21.6 Å². The highest BCUT2D eigenvalue weighted by Gasteiger charge is 2.67. The standard InChI is InChI=1S/C28H25ClF4N8O/c1-13-16(2-3-22(30)36-13)26(21-10-41(40-39-21)27(4-5-27)28(31,32)33)37-15-6-17-23(38-24-18-11-42-12-19(18)24)14(8-34)9-35-25(17)20(29)7-15/h2-3,6-7,9-10,18-19,24,26,37,39-40H,4-5,11-12H2,1H3,(H,35,38)/t18?,19?,24?,26-/m0/s1. The molecule has 0 spiro atoms. The topological polar surface area (TPSA) is 110 Å². The first kappa shape index (κ1) is 27.0. The third-order valence-corrected chi connectivity index (χ3v) is 8.92. The number of hydrazine groups is 2. The third kappa shape index (κ3) is 4.36. The van der Waals surface area contributed by atoms with Crippen LogP contribution in [0.4, 0.5) is 28.9 Å². The Kier molecular flexibility index (Phi) is 6.16. The first-order chi connectivity index (χ1) is 20.1. The van der Waals surface area contributed by atoms with Gasteiger partial charge in [-0.3, -0.25) is 9.99 Å². The van der Waals surface area contributed by atoms with Gasteiger partial charge >= 0.3 is 6.18 Å². The summed E-state index contributed by atoms with van der Waals surface area (Å²) in [5.41, 5.74) is 6.74. The number of aromatic nitrogens is 2. The summed E-state index contributed by atoms with van der Waals surface area (Å²) in [6, 6.07) is 7.79. The second kappa shape index (κ2) is 9.58. The van der Waals surface area contributed by atoms with Gasteiger partial charge in [0.15, 0.2) is 5.54 Å². The van der Waals surface area contributed by atoms with E-state index in [4.69, 9.17) is 16.3 Å². The molecule has 2 aliphatic carbocycles. The zero-order valence-corrected chi connectivity index (χ0v) is 22.9. The molecule has 4 N–H and O–H groups in total. The van der Waals surface area contributed by atoms with Crippen LogP contribution in [0.15, 0.2) is 42.4 Å². The van der Waals surface area contributed by atoms with Crippen LogP contribution in [0.25, 0.3) is 10.9 Å². The zero-order valence-electron chi connectivity index (χ0n) is 22.2. The molecule has 4 heterocycles. The fourth-order valence-electron chi connectivity index (χ4n) is 6.02. The predicted molar refractivity (Wildman–Crippen MR) is 146 cm³/mol. The van der Waals surface area contributed by atoms with Crippen LogP contribution >= 0.6 is 11.6 Å². The van der Waals surface area contributed by atoms with Crippen LogP contribution in [0.1, 0.15) is 35.7 Å². The highest BCUT2D eigenvalue weighted by Crippen LogP contribution is 2.54. The fourth-order valence-corrected chi connectivity index (χ4v) is 6.29. The summed E-state index contributed by atoms with van der Waals surface area (Å²) in [5, 5.41) is 18.7. The largest absolute Gasteiger partial charge is 0.413 e. The van der Waals surface area contributed by atoms with Crippen LogP contribution in [0.3, 0.4) is 0 Å². The number of aryl methyl sites for hydroxylation is 1. The highest BCUT2D eigenvalue weighted by atomic mass is 35.5. The molecular weight excluding hydrogens is 576 g/mol. The number of pyridine rings is 2. The molecule has 0 amide bonds. The normalized spacial score (nSPS) is 24.5. The lowest BCUT2D eigenvalue weighted by molar-refractivity contribution is -0.195. The van der Waals surface area contributed by atoms with Crippen molar-refractivity contribution in [1.82, 2.24) is 25.9 Å². The van der Waals surface area contributed by atoms with Gasteiger partial charge in [-0.2, -0.15) is 22.8 Å². The molecule has 3 aromatic rings. The first-order valence-electron chi connectivity index (χ1n) is 13.5. The van der Waals surface area contributed by atoms with E-state index in [2.05, 4.69) is 37.6 Å². The number of nitriles is 1. The molecule has 42 heavy (non-hydrogen) atoms. The summed E-state index contributed by atoms with van der Waals surface area (Å²) in [7, 11) is 0. The average molecular weight is 601 g/mol. The first-order valence-corrected chi connectivity index (χ1v) is 13.8. The predicted octanol–water partition coefficient (Wildman–Crippen LogP) is 5.07. The van der Waals surface area contributed by atoms with Crippen LogP contribution in [0, 0.1) is 36.0 Å². The van der Waals surface area contributed by atoms with Crippen molar-refractivity contribution in [3.63, 3.8) is 0 Å². The molecule has 218 valence electrons. The van der Waals surface area contributed by atoms with Crippen molar-refractivity contribution in [2.45, 2.75) is 43.6 Å². The minimum atomic E-state index is -4.43. The van der Waals surface area contributed by atoms with E-state index in [0.717, 1.165) is 5.01 Å². The van der Waals surface area contributed by atoms with Gasteiger partial charge < -0.3 is 20.8 Å². The molecule has 0 bridgehead atoms. The van der Waals surface area contributed by atoms with Gasteiger partial charge in [0.1, 0.15) is 6.07 Å². The molecule has 7 rings (SSSR count). The zero-order chi connectivity index (χ0) is 29.4. The number of benzene rings is 1. The minimum Gasteiger partial charge on any atom is -0.381 e. The summed E-state index contributed by atoms with van der Waals surface area (Å²) in [6.45, 7) is 2.95. The smallest absolute Gasteiger partial charge is 0.381 e. The van der Waals surface area contributed by atoms with E-state index >= 15 is 0 Å². The Morgan fingerprint density at radius 3 is 2.67 bits per heavy atom. The molecule has 3 fully saturated rings. The van der Waals surface area contributed by atoms with Crippen molar-refractivity contribution < 1.29 is 22.3 Å². The number of fused-ring (bicyclic) bond motifs is 2. The lowest BCUT2D eigenvalue weighted by Gasteiger charge is -2.28. The van der Waals surface area contributed by atoms with E-state index in [1.165, 1.54) is 24.5 Å². The molecular formula is C28H25ClF4N8O. The van der Waals surface area contributed by atoms with E-state index < -0.39 is 23.7 Å². The van der Waals surface area contributed by atoms with Crippen LogP contribution in [-0.4, -0.2) is 45.9 Å². The van der Waals surface area contributed by atoms with Gasteiger partial charge in [-0.15, -0.1) is 5.53 Å². The monoisotopic (exact) mass is 600 g/mol. The molecule has 4 aliphatic rings. The Bertz CT molecular complexity index is 1660. The molecule has 2 unspecified atom stereocenters. The van der Waals surface area contributed by atoms with Crippen molar-refractivity contribution in [2.24, 2.45) is 11.8 Å². The molecule has 2 aliphatic heterocycles. The Morgan fingerprint density at radius 1 is 1.24 bits per heavy atom. The summed E-state index contributed by atoms with van der Waals surface area (Å²) in [5.74, 6) is 0.0706. The molecule has 2 saturated carbocycles. The van der Waals surface area contributed by atoms with Crippen molar-refractivity contribution in [2.75, 3.05) is 23.8 Å². The maximum absolute atomic E-state index is 13.9. The van der Waals surface area contributed by atoms with Gasteiger partial charge in [-0.05, 0) is 38.0 Å². The maximum Gasteiger partial charge on any atom is 0.413 e. The van der Waals surface area contributed by atoms with Gasteiger partial charge in [0.2, 0.25) is 5.95 Å². The Hall–Kier alpha value is -3.86. The number of hydrogen-bond acceptors (Lipinski definition) is 9. The van der Waals surface area contributed by atoms with Crippen molar-refractivity contribution >= 4 is 33.9 Å². The summed E-state index contributed by atoms with van der Waals surface area (Å²) in [4.78, 5) is 8.34. The summed E-state index contributed by atoms with van der Waals surface area (Å²) < 4.78 is 61.0. The quantitative estimate of drug-likeness (QED) is 0.218. The van der Waals surface area contributed by atoms with Crippen LogP contribution in [-0.2, 0) is 4.74 Å². The molecule has 14 heteroatoms. The Balaban J connectivity index is 1.28. The summed E-state index contributed by atoms with van der Waals surface area (Å²) >= 11 is 6.69. The van der Waals surface area contributed by atoms with Crippen LogP contribution in [0.5, 0.6) is 0 Å². The van der Waals surface area contributed by atoms with E-state index in [0.29, 0.717) is 74.9 Å². The van der Waals surface area contributed by atoms with Crippen molar-refractivity contribution in [1.29, 1.82) is 5.26 Å². The Morgan fingerprint density at radius 2 is 2.00 bits per heavy atom. The van der Waals surface area contributed by atoms with Gasteiger partial charge in [0.05, 0.1) is 46.7 Å². The van der Waals surface area contributed by atoms with E-state index in [1.54, 1.807) is 19.1 Å². The lowest BCUT2D eigenvalue weighted by Crippen LogP contribution is -2.52. The van der Waals surface area contributed by atoms with Gasteiger partial charge in [-0.25, -0.2) is 4.98 Å². The molecule has 0 radical (unpaired) electrons. The van der Waals surface area contributed by atoms with Gasteiger partial charge in [0, 0.05) is 52.6 Å². The molecule has 3 atom stereocenters. The number of nitrogens with one attached hydrogen (secondary N) is 4. The lowest BCUT2D eigenvalue weighted by atomic mass is 10.0. The van der Waals surface area contributed by atoms with Crippen LogP contribution in [0.2, 0.25) is 5.02 Å². The Labute approximate surface area is 242 Å². The number of ether oxygens (including phenoxy) is 1. The van der Waals surface area contributed by atoms with Crippen molar-refractivity contribution in [3.8, 4) is 6.07 Å². The third-order valence-electron chi connectivity index (χ3n) is 8.64. The number of halogens is 5. The highest BCUT2D eigenvalue weighted by molar-refractivity contribution is 6.35. The minimum absolute atomic E-state index is 0.0384. The number of hydrogen-bond donors (Lipinski definition) is 4. The second-order valence-corrected chi connectivity index (χ2v) is 11.6. The molecule has 1 saturated heterocycles. The number of alkyl halides is 3. The molecule has 9 nitrogen and oxygen atoms in total. The fraction of sp³-hybridized carbons (Fsp3) is 0.393. The molecule has 1 aromatic carbocycles. The number of rotatable bonds is 7. The van der Waals surface area contributed by atoms with Gasteiger partial charge in [0.25, 0.3) is 0 Å². The molecule has 2 aromatic heterocycles. The second-order valence-electron chi connectivity index (χ2n) is 11.2. The summed E-state index contributed by atoms with van der Waals surface area (Å²) in [6.07, 6.45) is -1.65. The number of nitrogens with zero attached hydrogens (tertiary/aromatic N) is 4. The number of anilines is 2. The average Bonchev–Trinajstić information content (AvgIpc) is 3.73. The SMILES string of the molecule is Cc1nc(F)ccc1[C@H](Nc1cc(Cl)c2ncc(C#N)c(NC3C4COCC43)c2c1)C1=CN(C2(C(F)(F)F)CC2)NN1. The van der Waals surface area contributed by atoms with E-state index in [1.807, 2.05) is 0 Å². The van der Waals surface area contributed by atoms with E-state index in [9.17, 15) is 22.8 Å². The van der Waals surface area contributed by atoms with E-state index in [-0.39, 0.29) is 18.9 Å².